The van der Waals surface area contributed by atoms with E-state index < -0.39 is 5.54 Å². The highest BCUT2D eigenvalue weighted by molar-refractivity contribution is 6.14. The summed E-state index contributed by atoms with van der Waals surface area (Å²) >= 11 is 0. The molecule has 4 heteroatoms. The van der Waals surface area contributed by atoms with Crippen molar-refractivity contribution in [1.29, 1.82) is 5.26 Å². The Balaban J connectivity index is 2.64. The SMILES string of the molecule is [B][C@H]1CC[C@]1(C#N)NC(C)=O. The van der Waals surface area contributed by atoms with Gasteiger partial charge in [0.2, 0.25) is 5.91 Å². The van der Waals surface area contributed by atoms with Gasteiger partial charge in [-0.2, -0.15) is 5.26 Å². The van der Waals surface area contributed by atoms with Gasteiger partial charge in [-0.15, -0.1) is 0 Å². The third kappa shape index (κ3) is 1.23. The second kappa shape index (κ2) is 2.57. The number of nitrogens with one attached hydrogen (secondary N) is 1. The van der Waals surface area contributed by atoms with E-state index in [1.807, 2.05) is 6.07 Å². The molecule has 3 nitrogen and oxygen atoms in total. The van der Waals surface area contributed by atoms with Crippen LogP contribution in [0.4, 0.5) is 0 Å². The molecule has 2 radical (unpaired) electrons. The highest BCUT2D eigenvalue weighted by atomic mass is 16.1. The maximum atomic E-state index is 10.6. The predicted molar refractivity (Wildman–Crippen MR) is 40.9 cm³/mol. The van der Waals surface area contributed by atoms with Crippen LogP contribution in [-0.4, -0.2) is 19.3 Å². The van der Waals surface area contributed by atoms with Crippen molar-refractivity contribution < 1.29 is 4.79 Å². The second-order valence-electron chi connectivity index (χ2n) is 2.91. The third-order valence-corrected chi connectivity index (χ3v) is 2.08. The summed E-state index contributed by atoms with van der Waals surface area (Å²) in [4.78, 5) is 10.6. The van der Waals surface area contributed by atoms with E-state index >= 15 is 0 Å². The molecule has 1 fully saturated rings. The molecule has 56 valence electrons. The minimum absolute atomic E-state index is 0.193. The average molecular weight is 148 g/mol. The molecule has 0 saturated heterocycles. The average Bonchev–Trinajstić information content (AvgIpc) is 1.96. The van der Waals surface area contributed by atoms with Crippen molar-refractivity contribution in [3.05, 3.63) is 0 Å². The van der Waals surface area contributed by atoms with E-state index in [0.717, 1.165) is 6.42 Å². The molecule has 0 aliphatic heterocycles. The van der Waals surface area contributed by atoms with Crippen molar-refractivity contribution in [2.75, 3.05) is 0 Å². The van der Waals surface area contributed by atoms with Crippen LogP contribution in [0.15, 0.2) is 0 Å². The molecule has 0 aromatic rings. The number of carbonyl (C=O) groups is 1. The molecule has 1 amide bonds. The van der Waals surface area contributed by atoms with Crippen molar-refractivity contribution in [3.8, 4) is 6.07 Å². The zero-order chi connectivity index (χ0) is 8.48. The highest BCUT2D eigenvalue weighted by Gasteiger charge is 2.44. The van der Waals surface area contributed by atoms with Gasteiger partial charge >= 0.3 is 0 Å². The van der Waals surface area contributed by atoms with E-state index in [4.69, 9.17) is 13.1 Å². The summed E-state index contributed by atoms with van der Waals surface area (Å²) in [5.74, 6) is -0.391. The van der Waals surface area contributed by atoms with Crippen LogP contribution in [0.2, 0.25) is 5.82 Å². The number of rotatable bonds is 1. The molecule has 0 unspecified atom stereocenters. The Morgan fingerprint density at radius 2 is 2.55 bits per heavy atom. The maximum absolute atomic E-state index is 10.6. The summed E-state index contributed by atoms with van der Waals surface area (Å²) in [7, 11) is 5.58. The first-order valence-electron chi connectivity index (χ1n) is 3.56. The molecule has 0 bridgehead atoms. The zero-order valence-electron chi connectivity index (χ0n) is 6.42. The van der Waals surface area contributed by atoms with E-state index in [1.165, 1.54) is 6.92 Å². The number of carbonyl (C=O) groups excluding carboxylic acids is 1. The van der Waals surface area contributed by atoms with Gasteiger partial charge in [0.1, 0.15) is 5.54 Å². The van der Waals surface area contributed by atoms with Crippen LogP contribution < -0.4 is 5.32 Å². The molecule has 0 spiro atoms. The van der Waals surface area contributed by atoms with Gasteiger partial charge in [0, 0.05) is 6.92 Å². The third-order valence-electron chi connectivity index (χ3n) is 2.08. The molecule has 0 aromatic heterocycles. The predicted octanol–water partition coefficient (Wildman–Crippen LogP) is 0.136. The number of nitrogens with zero attached hydrogens (tertiary/aromatic N) is 1. The molecule has 1 aliphatic carbocycles. The highest BCUT2D eigenvalue weighted by Crippen LogP contribution is 2.40. The van der Waals surface area contributed by atoms with Crippen LogP contribution in [-0.2, 0) is 4.79 Å². The Bertz CT molecular complexity index is 223. The van der Waals surface area contributed by atoms with Crippen molar-refractivity contribution in [3.63, 3.8) is 0 Å². The van der Waals surface area contributed by atoms with Gasteiger partial charge in [0.05, 0.1) is 13.9 Å². The fourth-order valence-electron chi connectivity index (χ4n) is 1.24. The molecule has 11 heavy (non-hydrogen) atoms. The summed E-state index contributed by atoms with van der Waals surface area (Å²) in [6.45, 7) is 1.39. The van der Waals surface area contributed by atoms with Crippen molar-refractivity contribution in [1.82, 2.24) is 5.32 Å². The minimum atomic E-state index is -0.772. The molecule has 1 saturated carbocycles. The fraction of sp³-hybridized carbons (Fsp3) is 0.714. The molecule has 1 aliphatic rings. The van der Waals surface area contributed by atoms with Crippen LogP contribution in [0.25, 0.3) is 0 Å². The van der Waals surface area contributed by atoms with Gasteiger partial charge in [-0.25, -0.2) is 0 Å². The zero-order valence-corrected chi connectivity index (χ0v) is 6.42. The lowest BCUT2D eigenvalue weighted by molar-refractivity contribution is -0.121. The topological polar surface area (TPSA) is 52.9 Å². The minimum Gasteiger partial charge on any atom is -0.338 e. The number of hydrogen-bond acceptors (Lipinski definition) is 2. The molecular weight excluding hydrogens is 139 g/mol. The lowest BCUT2D eigenvalue weighted by atomic mass is 9.57. The fourth-order valence-corrected chi connectivity index (χ4v) is 1.24. The van der Waals surface area contributed by atoms with Gasteiger partial charge in [-0.1, -0.05) is 6.42 Å². The van der Waals surface area contributed by atoms with Gasteiger partial charge in [0.25, 0.3) is 0 Å². The summed E-state index contributed by atoms with van der Waals surface area (Å²) in [5, 5.41) is 11.3. The van der Waals surface area contributed by atoms with E-state index in [-0.39, 0.29) is 11.7 Å². The Morgan fingerprint density at radius 3 is 2.64 bits per heavy atom. The first-order chi connectivity index (χ1) is 5.10. The van der Waals surface area contributed by atoms with Crippen LogP contribution in [0.3, 0.4) is 0 Å². The van der Waals surface area contributed by atoms with Crippen molar-refractivity contribution in [2.24, 2.45) is 0 Å². The van der Waals surface area contributed by atoms with Gasteiger partial charge < -0.3 is 5.32 Å². The monoisotopic (exact) mass is 148 g/mol. The molecule has 1 N–H and O–H groups in total. The summed E-state index contributed by atoms with van der Waals surface area (Å²) in [6.07, 6.45) is 1.48. The van der Waals surface area contributed by atoms with Crippen LogP contribution in [0.1, 0.15) is 19.8 Å². The quantitative estimate of drug-likeness (QED) is 0.537. The maximum Gasteiger partial charge on any atom is 0.218 e. The number of hydrogen-bond donors (Lipinski definition) is 1. The first-order valence-corrected chi connectivity index (χ1v) is 3.56. The van der Waals surface area contributed by atoms with Gasteiger partial charge in [-0.3, -0.25) is 4.79 Å². The Labute approximate surface area is 67.2 Å². The Morgan fingerprint density at radius 1 is 1.91 bits per heavy atom. The number of amides is 1. The first kappa shape index (κ1) is 8.12. The second-order valence-corrected chi connectivity index (χ2v) is 2.91. The van der Waals surface area contributed by atoms with Crippen LogP contribution in [0, 0.1) is 11.3 Å². The smallest absolute Gasteiger partial charge is 0.218 e. The van der Waals surface area contributed by atoms with E-state index in [9.17, 15) is 4.79 Å². The van der Waals surface area contributed by atoms with E-state index in [0.29, 0.717) is 6.42 Å². The lowest BCUT2D eigenvalue weighted by Gasteiger charge is -2.43. The molecule has 0 heterocycles. The summed E-state index contributed by atoms with van der Waals surface area (Å²) in [6, 6.07) is 2.04. The molecular formula is C7H9BN2O. The summed E-state index contributed by atoms with van der Waals surface area (Å²) in [5.41, 5.74) is -0.772. The van der Waals surface area contributed by atoms with Crippen molar-refractivity contribution in [2.45, 2.75) is 31.1 Å². The van der Waals surface area contributed by atoms with E-state index in [2.05, 4.69) is 5.32 Å². The standard InChI is InChI=1S/C7H9BN2O/c1-5(11)10-7(4-9)3-2-6(7)8/h6H,2-3H2,1H3,(H,10,11)/t6-,7+/m0/s1. The van der Waals surface area contributed by atoms with Crippen molar-refractivity contribution >= 4 is 13.8 Å². The molecule has 2 atom stereocenters. The Kier molecular flexibility index (Phi) is 1.90. The Hall–Kier alpha value is -0.975. The molecule has 0 aromatic carbocycles. The van der Waals surface area contributed by atoms with Gasteiger partial charge in [0.15, 0.2) is 0 Å². The van der Waals surface area contributed by atoms with E-state index in [1.54, 1.807) is 0 Å². The van der Waals surface area contributed by atoms with Crippen LogP contribution >= 0.6 is 0 Å². The normalized spacial score (nSPS) is 35.1. The number of nitriles is 1. The summed E-state index contributed by atoms with van der Waals surface area (Å²) < 4.78 is 0. The van der Waals surface area contributed by atoms with Crippen LogP contribution in [0.5, 0.6) is 0 Å². The largest absolute Gasteiger partial charge is 0.338 e. The molecule has 1 rings (SSSR count). The lowest BCUT2D eigenvalue weighted by Crippen LogP contribution is -2.55. The van der Waals surface area contributed by atoms with Gasteiger partial charge in [-0.05, 0) is 12.2 Å².